The molecule has 3 amide bonds. The Morgan fingerprint density at radius 2 is 2.06 bits per heavy atom. The van der Waals surface area contributed by atoms with Crippen LogP contribution in [0.25, 0.3) is 5.57 Å². The summed E-state index contributed by atoms with van der Waals surface area (Å²) in [7, 11) is 0. The number of likely N-dealkylation sites (tertiary alicyclic amines) is 1. The molecule has 1 N–H and O–H groups in total. The van der Waals surface area contributed by atoms with Gasteiger partial charge in [0, 0.05) is 31.5 Å². The molecule has 33 heavy (non-hydrogen) atoms. The number of nitrogens with one attached hydrogen (secondary N) is 1. The van der Waals surface area contributed by atoms with E-state index in [0.717, 1.165) is 27.8 Å². The van der Waals surface area contributed by atoms with Gasteiger partial charge in [-0.05, 0) is 61.6 Å². The number of hydrogen-bond acceptors (Lipinski definition) is 4. The average molecular weight is 458 g/mol. The first kappa shape index (κ1) is 23.3. The molecule has 2 fully saturated rings. The zero-order chi connectivity index (χ0) is 23.9. The Labute approximate surface area is 192 Å². The summed E-state index contributed by atoms with van der Waals surface area (Å²) in [6, 6.07) is 2.95. The summed E-state index contributed by atoms with van der Waals surface area (Å²) < 4.78 is 27.4. The van der Waals surface area contributed by atoms with Gasteiger partial charge < -0.3 is 4.90 Å². The molecule has 0 spiro atoms. The summed E-state index contributed by atoms with van der Waals surface area (Å²) in [6.45, 7) is 9.21. The summed E-state index contributed by atoms with van der Waals surface area (Å²) in [4.78, 5) is 40.0. The van der Waals surface area contributed by atoms with E-state index in [1.807, 2.05) is 26.0 Å². The van der Waals surface area contributed by atoms with E-state index in [-0.39, 0.29) is 31.2 Å². The Bertz CT molecular complexity index is 1060. The Morgan fingerprint density at radius 3 is 2.76 bits per heavy atom. The van der Waals surface area contributed by atoms with E-state index < -0.39 is 17.9 Å². The third-order valence-electron chi connectivity index (χ3n) is 6.72. The molecule has 3 aliphatic heterocycles. The van der Waals surface area contributed by atoms with Crippen LogP contribution in [-0.4, -0.2) is 59.1 Å². The van der Waals surface area contributed by atoms with Gasteiger partial charge in [-0.15, -0.1) is 0 Å². The van der Waals surface area contributed by atoms with Gasteiger partial charge in [-0.3, -0.25) is 24.6 Å². The van der Waals surface area contributed by atoms with Crippen LogP contribution in [0.3, 0.4) is 0 Å². The summed E-state index contributed by atoms with van der Waals surface area (Å²) in [5.41, 5.74) is 4.90. The van der Waals surface area contributed by atoms with Gasteiger partial charge in [-0.2, -0.15) is 0 Å². The summed E-state index contributed by atoms with van der Waals surface area (Å²) in [5.74, 6) is -3.59. The quantitative estimate of drug-likeness (QED) is 0.543. The minimum absolute atomic E-state index is 0.0537. The molecule has 3 aliphatic rings. The normalized spacial score (nSPS) is 23.5. The fraction of sp³-hybridized carbons (Fsp3) is 0.480. The molecule has 0 bridgehead atoms. The highest BCUT2D eigenvalue weighted by atomic mass is 19.3. The van der Waals surface area contributed by atoms with Crippen molar-refractivity contribution in [3.8, 4) is 0 Å². The SMILES string of the molecule is C=C(/C=C(\C)CN1CCCC(F)(F)C1)c1ccc2c(c1C)CN(C1CCC(=O)NC1=O)C2=O. The number of rotatable bonds is 5. The molecular weight excluding hydrogens is 428 g/mol. The van der Waals surface area contributed by atoms with Crippen LogP contribution in [0.5, 0.6) is 0 Å². The number of carbonyl (C=O) groups is 3. The van der Waals surface area contributed by atoms with Crippen molar-refractivity contribution < 1.29 is 23.2 Å². The van der Waals surface area contributed by atoms with Crippen molar-refractivity contribution in [1.29, 1.82) is 0 Å². The first-order valence-corrected chi connectivity index (χ1v) is 11.3. The summed E-state index contributed by atoms with van der Waals surface area (Å²) in [5, 5.41) is 2.31. The maximum absolute atomic E-state index is 13.7. The molecule has 1 unspecified atom stereocenters. The number of piperidine rings is 2. The van der Waals surface area contributed by atoms with Crippen molar-refractivity contribution in [3.05, 3.63) is 52.6 Å². The van der Waals surface area contributed by atoms with Crippen molar-refractivity contribution >= 4 is 23.3 Å². The predicted octanol–water partition coefficient (Wildman–Crippen LogP) is 3.45. The zero-order valence-corrected chi connectivity index (χ0v) is 19.0. The highest BCUT2D eigenvalue weighted by molar-refractivity contribution is 6.05. The molecule has 176 valence electrons. The number of halogens is 2. The van der Waals surface area contributed by atoms with Gasteiger partial charge in [0.05, 0.1) is 6.54 Å². The fourth-order valence-electron chi connectivity index (χ4n) is 5.09. The highest BCUT2D eigenvalue weighted by Crippen LogP contribution is 2.34. The van der Waals surface area contributed by atoms with E-state index in [1.54, 1.807) is 11.0 Å². The van der Waals surface area contributed by atoms with E-state index >= 15 is 0 Å². The maximum atomic E-state index is 13.7. The van der Waals surface area contributed by atoms with Crippen LogP contribution < -0.4 is 5.32 Å². The fourth-order valence-corrected chi connectivity index (χ4v) is 5.09. The number of amides is 3. The van der Waals surface area contributed by atoms with Gasteiger partial charge in [0.25, 0.3) is 11.8 Å². The molecule has 0 aliphatic carbocycles. The Morgan fingerprint density at radius 1 is 1.30 bits per heavy atom. The smallest absolute Gasteiger partial charge is 0.260 e. The molecule has 4 rings (SSSR count). The van der Waals surface area contributed by atoms with Gasteiger partial charge in [0.2, 0.25) is 11.8 Å². The largest absolute Gasteiger partial charge is 0.322 e. The van der Waals surface area contributed by atoms with Crippen molar-refractivity contribution in [1.82, 2.24) is 15.1 Å². The van der Waals surface area contributed by atoms with Crippen molar-refractivity contribution in [2.75, 3.05) is 19.6 Å². The standard InChI is InChI=1S/C25H29F2N3O3/c1-15(12-29-10-4-9-25(26,27)14-29)11-16(2)18-5-6-19-20(17(18)3)13-30(24(19)33)21-7-8-22(31)28-23(21)32/h5-6,11,21H,2,4,7-10,12-14H2,1,3H3,(H,28,31,32)/b15-11+. The number of alkyl halides is 2. The van der Waals surface area contributed by atoms with Gasteiger partial charge in [-0.1, -0.05) is 24.3 Å². The van der Waals surface area contributed by atoms with Crippen molar-refractivity contribution in [2.45, 2.75) is 58.0 Å². The van der Waals surface area contributed by atoms with E-state index in [9.17, 15) is 23.2 Å². The van der Waals surface area contributed by atoms with E-state index in [0.29, 0.717) is 38.0 Å². The van der Waals surface area contributed by atoms with Crippen LogP contribution in [0.1, 0.15) is 59.7 Å². The lowest BCUT2D eigenvalue weighted by Gasteiger charge is -2.32. The molecule has 1 aromatic rings. The monoisotopic (exact) mass is 457 g/mol. The van der Waals surface area contributed by atoms with Gasteiger partial charge in [0.15, 0.2) is 0 Å². The minimum atomic E-state index is -2.63. The minimum Gasteiger partial charge on any atom is -0.322 e. The van der Waals surface area contributed by atoms with Crippen molar-refractivity contribution in [2.24, 2.45) is 0 Å². The Hall–Kier alpha value is -2.87. The number of nitrogens with zero attached hydrogens (tertiary/aromatic N) is 2. The van der Waals surface area contributed by atoms with E-state index in [2.05, 4.69) is 11.9 Å². The van der Waals surface area contributed by atoms with Crippen LogP contribution in [0.15, 0.2) is 30.4 Å². The van der Waals surface area contributed by atoms with Crippen LogP contribution in [0.4, 0.5) is 8.78 Å². The van der Waals surface area contributed by atoms with Gasteiger partial charge in [-0.25, -0.2) is 8.78 Å². The van der Waals surface area contributed by atoms with Crippen LogP contribution in [-0.2, 0) is 16.1 Å². The lowest BCUT2D eigenvalue weighted by Crippen LogP contribution is -2.52. The van der Waals surface area contributed by atoms with Crippen LogP contribution in [0.2, 0.25) is 0 Å². The second-order valence-electron chi connectivity index (χ2n) is 9.35. The Balaban J connectivity index is 1.49. The summed E-state index contributed by atoms with van der Waals surface area (Å²) >= 11 is 0. The average Bonchev–Trinajstić information content (AvgIpc) is 3.04. The van der Waals surface area contributed by atoms with E-state index in [1.165, 1.54) is 4.90 Å². The topological polar surface area (TPSA) is 69.7 Å². The predicted molar refractivity (Wildman–Crippen MR) is 121 cm³/mol. The number of carbonyl (C=O) groups excluding carboxylic acids is 3. The Kier molecular flexibility index (Phi) is 6.22. The van der Waals surface area contributed by atoms with E-state index in [4.69, 9.17) is 0 Å². The van der Waals surface area contributed by atoms with Crippen LogP contribution in [0, 0.1) is 6.92 Å². The number of allylic oxidation sites excluding steroid dienone is 2. The molecule has 0 aromatic heterocycles. The maximum Gasteiger partial charge on any atom is 0.260 e. The molecule has 8 heteroatoms. The summed E-state index contributed by atoms with van der Waals surface area (Å²) in [6.07, 6.45) is 2.88. The first-order valence-electron chi connectivity index (χ1n) is 11.3. The molecule has 0 radical (unpaired) electrons. The highest BCUT2D eigenvalue weighted by Gasteiger charge is 2.40. The lowest BCUT2D eigenvalue weighted by atomic mass is 9.93. The number of fused-ring (bicyclic) bond motifs is 1. The molecule has 0 saturated carbocycles. The number of benzene rings is 1. The molecule has 1 aromatic carbocycles. The molecule has 1 atom stereocenters. The first-order chi connectivity index (χ1) is 15.6. The second kappa shape index (κ2) is 8.82. The second-order valence-corrected chi connectivity index (χ2v) is 9.35. The third-order valence-corrected chi connectivity index (χ3v) is 6.72. The van der Waals surface area contributed by atoms with Crippen molar-refractivity contribution in [3.63, 3.8) is 0 Å². The molecule has 6 nitrogen and oxygen atoms in total. The third kappa shape index (κ3) is 4.76. The van der Waals surface area contributed by atoms with Gasteiger partial charge in [0.1, 0.15) is 6.04 Å². The molecule has 3 heterocycles. The molecule has 2 saturated heterocycles. The van der Waals surface area contributed by atoms with Crippen LogP contribution >= 0.6 is 0 Å². The molecular formula is C25H29F2N3O3. The number of hydrogen-bond donors (Lipinski definition) is 1. The van der Waals surface area contributed by atoms with Gasteiger partial charge >= 0.3 is 0 Å². The lowest BCUT2D eigenvalue weighted by molar-refractivity contribution is -0.136. The number of imide groups is 1. The zero-order valence-electron chi connectivity index (χ0n) is 19.0.